The van der Waals surface area contributed by atoms with Crippen LogP contribution in [0.1, 0.15) is 31.8 Å². The van der Waals surface area contributed by atoms with Gasteiger partial charge in [-0.15, -0.1) is 0 Å². The first-order valence-electron chi connectivity index (χ1n) is 9.42. The molecule has 3 aromatic carbocycles. The molecule has 0 spiro atoms. The number of hydrazone groups is 1. The number of aryl methyl sites for hydroxylation is 1. The summed E-state index contributed by atoms with van der Waals surface area (Å²) in [7, 11) is 3.87. The van der Waals surface area contributed by atoms with Crippen molar-refractivity contribution in [2.75, 3.05) is 19.0 Å². The molecule has 0 fully saturated rings. The number of carbonyl (C=O) groups is 2. The number of amides is 1. The van der Waals surface area contributed by atoms with E-state index in [-0.39, 0.29) is 5.91 Å². The standard InChI is InChI=1S/C24H23N3O3/c1-17-4-8-19(9-5-17)23(28)26-25-16-18-6-14-22(15-7-18)30-24(29)20-10-12-21(13-11-20)27(2)3/h4-16H,1-3H3,(H,26,28)/b25-16-. The molecule has 0 bridgehead atoms. The molecule has 0 saturated carbocycles. The van der Waals surface area contributed by atoms with E-state index in [0.717, 1.165) is 16.8 Å². The van der Waals surface area contributed by atoms with Gasteiger partial charge < -0.3 is 9.64 Å². The highest BCUT2D eigenvalue weighted by molar-refractivity contribution is 5.95. The Morgan fingerprint density at radius 3 is 2.07 bits per heavy atom. The average molecular weight is 401 g/mol. The number of hydrogen-bond donors (Lipinski definition) is 1. The molecule has 152 valence electrons. The molecule has 30 heavy (non-hydrogen) atoms. The molecule has 0 aromatic heterocycles. The lowest BCUT2D eigenvalue weighted by molar-refractivity contribution is 0.0734. The molecular weight excluding hydrogens is 378 g/mol. The Hall–Kier alpha value is -3.93. The van der Waals surface area contributed by atoms with Gasteiger partial charge in [0, 0.05) is 25.3 Å². The van der Waals surface area contributed by atoms with E-state index in [1.165, 1.54) is 6.21 Å². The van der Waals surface area contributed by atoms with E-state index < -0.39 is 5.97 Å². The van der Waals surface area contributed by atoms with Gasteiger partial charge in [0.2, 0.25) is 0 Å². The molecule has 0 saturated heterocycles. The highest BCUT2D eigenvalue weighted by Gasteiger charge is 2.09. The van der Waals surface area contributed by atoms with Crippen LogP contribution >= 0.6 is 0 Å². The zero-order valence-electron chi connectivity index (χ0n) is 17.1. The third-order valence-corrected chi connectivity index (χ3v) is 4.40. The first-order chi connectivity index (χ1) is 14.4. The molecule has 0 aliphatic heterocycles. The molecule has 0 heterocycles. The number of anilines is 1. The lowest BCUT2D eigenvalue weighted by Gasteiger charge is -2.12. The number of esters is 1. The summed E-state index contributed by atoms with van der Waals surface area (Å²) in [5.41, 5.74) is 6.35. The van der Waals surface area contributed by atoms with Gasteiger partial charge in [-0.3, -0.25) is 4.79 Å². The van der Waals surface area contributed by atoms with Crippen molar-refractivity contribution in [1.82, 2.24) is 5.43 Å². The van der Waals surface area contributed by atoms with E-state index in [1.54, 1.807) is 48.5 Å². The predicted molar refractivity (Wildman–Crippen MR) is 118 cm³/mol. The fourth-order valence-electron chi connectivity index (χ4n) is 2.62. The number of carbonyl (C=O) groups excluding carboxylic acids is 2. The SMILES string of the molecule is Cc1ccc(C(=O)N/N=C\c2ccc(OC(=O)c3ccc(N(C)C)cc3)cc2)cc1. The number of benzene rings is 3. The molecule has 0 unspecified atom stereocenters. The normalized spacial score (nSPS) is 10.6. The second kappa shape index (κ2) is 9.52. The topological polar surface area (TPSA) is 71.0 Å². The van der Waals surface area contributed by atoms with Gasteiger partial charge in [0.05, 0.1) is 11.8 Å². The second-order valence-corrected chi connectivity index (χ2v) is 6.97. The molecule has 1 N–H and O–H groups in total. The number of nitrogens with zero attached hydrogens (tertiary/aromatic N) is 2. The lowest BCUT2D eigenvalue weighted by Crippen LogP contribution is -2.17. The number of ether oxygens (including phenoxy) is 1. The Balaban J connectivity index is 1.55. The van der Waals surface area contributed by atoms with Gasteiger partial charge in [-0.05, 0) is 73.2 Å². The van der Waals surface area contributed by atoms with Gasteiger partial charge in [0.25, 0.3) is 5.91 Å². The summed E-state index contributed by atoms with van der Waals surface area (Å²) in [5.74, 6) is -0.276. The maximum atomic E-state index is 12.3. The van der Waals surface area contributed by atoms with Crippen LogP contribution in [-0.2, 0) is 0 Å². The summed E-state index contributed by atoms with van der Waals surface area (Å²) >= 11 is 0. The number of nitrogens with one attached hydrogen (secondary N) is 1. The van der Waals surface area contributed by atoms with Crippen LogP contribution in [0, 0.1) is 6.92 Å². The molecule has 0 radical (unpaired) electrons. The Bertz CT molecular complexity index is 1040. The van der Waals surface area contributed by atoms with Gasteiger partial charge in [0.15, 0.2) is 0 Å². The molecular formula is C24H23N3O3. The van der Waals surface area contributed by atoms with Crippen molar-refractivity contribution < 1.29 is 14.3 Å². The Morgan fingerprint density at radius 2 is 1.47 bits per heavy atom. The maximum absolute atomic E-state index is 12.3. The largest absolute Gasteiger partial charge is 0.423 e. The van der Waals surface area contributed by atoms with Gasteiger partial charge in [0.1, 0.15) is 5.75 Å². The lowest BCUT2D eigenvalue weighted by atomic mass is 10.1. The summed E-state index contributed by atoms with van der Waals surface area (Å²) in [6.07, 6.45) is 1.53. The molecule has 6 heteroatoms. The van der Waals surface area contributed by atoms with Crippen LogP contribution in [0.25, 0.3) is 0 Å². The fourth-order valence-corrected chi connectivity index (χ4v) is 2.62. The highest BCUT2D eigenvalue weighted by Crippen LogP contribution is 2.16. The zero-order chi connectivity index (χ0) is 21.5. The van der Waals surface area contributed by atoms with Crippen LogP contribution < -0.4 is 15.1 Å². The van der Waals surface area contributed by atoms with Gasteiger partial charge >= 0.3 is 5.97 Å². The van der Waals surface area contributed by atoms with Crippen LogP contribution in [0.2, 0.25) is 0 Å². The van der Waals surface area contributed by atoms with E-state index >= 15 is 0 Å². The summed E-state index contributed by atoms with van der Waals surface area (Å²) in [6.45, 7) is 1.96. The molecule has 0 aliphatic carbocycles. The first-order valence-corrected chi connectivity index (χ1v) is 9.42. The third-order valence-electron chi connectivity index (χ3n) is 4.40. The van der Waals surface area contributed by atoms with Crippen LogP contribution in [0.4, 0.5) is 5.69 Å². The van der Waals surface area contributed by atoms with Crippen molar-refractivity contribution in [3.05, 3.63) is 95.1 Å². The molecule has 3 rings (SSSR count). The highest BCUT2D eigenvalue weighted by atomic mass is 16.5. The number of hydrogen-bond acceptors (Lipinski definition) is 5. The zero-order valence-corrected chi connectivity index (χ0v) is 17.1. The third kappa shape index (κ3) is 5.54. The van der Waals surface area contributed by atoms with Crippen molar-refractivity contribution in [1.29, 1.82) is 0 Å². The van der Waals surface area contributed by atoms with Crippen molar-refractivity contribution in [2.45, 2.75) is 6.92 Å². The first kappa shape index (κ1) is 20.8. The maximum Gasteiger partial charge on any atom is 0.343 e. The van der Waals surface area contributed by atoms with Crippen LogP contribution in [0.5, 0.6) is 5.75 Å². The predicted octanol–water partition coefficient (Wildman–Crippen LogP) is 4.04. The number of rotatable bonds is 6. The second-order valence-electron chi connectivity index (χ2n) is 6.97. The van der Waals surface area contributed by atoms with Gasteiger partial charge in [-0.2, -0.15) is 5.10 Å². The molecule has 6 nitrogen and oxygen atoms in total. The van der Waals surface area contributed by atoms with Gasteiger partial charge in [-0.25, -0.2) is 10.2 Å². The minimum atomic E-state index is -0.424. The van der Waals surface area contributed by atoms with Crippen LogP contribution in [-0.4, -0.2) is 32.2 Å². The Kier molecular flexibility index (Phi) is 6.60. The summed E-state index contributed by atoms with van der Waals surface area (Å²) in [5, 5.41) is 3.96. The molecule has 1 amide bonds. The summed E-state index contributed by atoms with van der Waals surface area (Å²) in [6, 6.07) is 21.3. The van der Waals surface area contributed by atoms with E-state index in [1.807, 2.05) is 50.2 Å². The van der Waals surface area contributed by atoms with Crippen molar-refractivity contribution in [3.63, 3.8) is 0 Å². The monoisotopic (exact) mass is 401 g/mol. The quantitative estimate of drug-likeness (QED) is 0.293. The molecule has 3 aromatic rings. The summed E-state index contributed by atoms with van der Waals surface area (Å²) < 4.78 is 5.40. The average Bonchev–Trinajstić information content (AvgIpc) is 2.75. The van der Waals surface area contributed by atoms with E-state index in [9.17, 15) is 9.59 Å². The van der Waals surface area contributed by atoms with Crippen molar-refractivity contribution in [2.24, 2.45) is 5.10 Å². The van der Waals surface area contributed by atoms with E-state index in [0.29, 0.717) is 16.9 Å². The molecule has 0 atom stereocenters. The summed E-state index contributed by atoms with van der Waals surface area (Å²) in [4.78, 5) is 26.3. The van der Waals surface area contributed by atoms with E-state index in [4.69, 9.17) is 4.74 Å². The van der Waals surface area contributed by atoms with E-state index in [2.05, 4.69) is 10.5 Å². The van der Waals surface area contributed by atoms with Crippen molar-refractivity contribution in [3.8, 4) is 5.75 Å². The minimum Gasteiger partial charge on any atom is -0.423 e. The fraction of sp³-hybridized carbons (Fsp3) is 0.125. The van der Waals surface area contributed by atoms with Gasteiger partial charge in [-0.1, -0.05) is 17.7 Å². The smallest absolute Gasteiger partial charge is 0.343 e. The van der Waals surface area contributed by atoms with Crippen molar-refractivity contribution >= 4 is 23.8 Å². The van der Waals surface area contributed by atoms with Crippen LogP contribution in [0.15, 0.2) is 77.9 Å². The Morgan fingerprint density at radius 1 is 0.867 bits per heavy atom. The minimum absolute atomic E-state index is 0.280. The Labute approximate surface area is 175 Å². The molecule has 0 aliphatic rings. The van der Waals surface area contributed by atoms with Crippen LogP contribution in [0.3, 0.4) is 0 Å².